The van der Waals surface area contributed by atoms with Gasteiger partial charge in [0.2, 0.25) is 0 Å². The van der Waals surface area contributed by atoms with Crippen LogP contribution in [-0.2, 0) is 0 Å². The van der Waals surface area contributed by atoms with Gasteiger partial charge in [0.1, 0.15) is 0 Å². The van der Waals surface area contributed by atoms with Crippen LogP contribution in [0.25, 0.3) is 0 Å². The molecule has 0 aliphatic carbocycles. The molecule has 6 heteroatoms. The Morgan fingerprint density at radius 1 is 1.40 bits per heavy atom. The molecule has 2 saturated heterocycles. The van der Waals surface area contributed by atoms with Crippen LogP contribution in [0.4, 0.5) is 10.5 Å². The number of benzene rings is 1. The Labute approximate surface area is 133 Å². The molecule has 1 unspecified atom stereocenters. The lowest BCUT2D eigenvalue weighted by Crippen LogP contribution is -2.36. The van der Waals surface area contributed by atoms with Gasteiger partial charge < -0.3 is 15.5 Å². The fourth-order valence-electron chi connectivity index (χ4n) is 3.02. The minimum atomic E-state index is 0. The molecule has 2 N–H and O–H groups in total. The van der Waals surface area contributed by atoms with E-state index in [4.69, 9.17) is 0 Å². The summed E-state index contributed by atoms with van der Waals surface area (Å²) in [4.78, 5) is 14.2. The van der Waals surface area contributed by atoms with Gasteiger partial charge in [0.15, 0.2) is 0 Å². The Morgan fingerprint density at radius 3 is 2.95 bits per heavy atom. The average molecular weight is 361 g/mol. The average Bonchev–Trinajstić information content (AvgIpc) is 3.00. The predicted octanol–water partition coefficient (Wildman–Crippen LogP) is 3.09. The van der Waals surface area contributed by atoms with E-state index in [1.165, 1.54) is 6.42 Å². The summed E-state index contributed by atoms with van der Waals surface area (Å²) in [6.07, 6.45) is 2.31. The molecule has 2 amide bonds. The number of nitrogens with zero attached hydrogens (tertiary/aromatic N) is 1. The largest absolute Gasteiger partial charge is 0.324 e. The fraction of sp³-hybridized carbons (Fsp3) is 0.500. The zero-order valence-electron chi connectivity index (χ0n) is 11.2. The standard InChI is InChI=1S/C14H18BrN3O.ClH/c15-11-2-1-3-12(8-11)17-13(19)18-7-5-14(10-18)4-6-16-9-14;/h1-3,8,16H,4-7,9-10H2,(H,17,19);1H. The molecule has 0 radical (unpaired) electrons. The van der Waals surface area contributed by atoms with Crippen molar-refractivity contribution >= 4 is 40.1 Å². The summed E-state index contributed by atoms with van der Waals surface area (Å²) >= 11 is 3.41. The molecular weight excluding hydrogens is 342 g/mol. The van der Waals surface area contributed by atoms with Crippen LogP contribution in [0.3, 0.4) is 0 Å². The lowest BCUT2D eigenvalue weighted by atomic mass is 9.87. The van der Waals surface area contributed by atoms with E-state index in [1.807, 2.05) is 29.2 Å². The number of carbonyl (C=O) groups excluding carboxylic acids is 1. The van der Waals surface area contributed by atoms with E-state index >= 15 is 0 Å². The van der Waals surface area contributed by atoms with E-state index < -0.39 is 0 Å². The first-order valence-corrected chi connectivity index (χ1v) is 7.48. The van der Waals surface area contributed by atoms with Crippen LogP contribution in [-0.4, -0.2) is 37.1 Å². The van der Waals surface area contributed by atoms with Crippen LogP contribution in [0.5, 0.6) is 0 Å². The minimum Gasteiger partial charge on any atom is -0.324 e. The Morgan fingerprint density at radius 2 is 2.25 bits per heavy atom. The molecule has 2 fully saturated rings. The van der Waals surface area contributed by atoms with E-state index in [0.29, 0.717) is 5.41 Å². The maximum atomic E-state index is 12.2. The topological polar surface area (TPSA) is 44.4 Å². The van der Waals surface area contributed by atoms with Crippen molar-refractivity contribution < 1.29 is 4.79 Å². The molecule has 0 bridgehead atoms. The molecule has 2 aliphatic heterocycles. The highest BCUT2D eigenvalue weighted by molar-refractivity contribution is 9.10. The summed E-state index contributed by atoms with van der Waals surface area (Å²) in [6, 6.07) is 7.71. The summed E-state index contributed by atoms with van der Waals surface area (Å²) in [5, 5.41) is 6.37. The third kappa shape index (κ3) is 3.27. The van der Waals surface area contributed by atoms with Crippen molar-refractivity contribution in [3.63, 3.8) is 0 Å². The third-order valence-corrected chi connectivity index (χ3v) is 4.63. The summed E-state index contributed by atoms with van der Waals surface area (Å²) in [7, 11) is 0. The Balaban J connectivity index is 0.00000147. The first-order chi connectivity index (χ1) is 9.17. The van der Waals surface area contributed by atoms with Crippen LogP contribution in [0.15, 0.2) is 28.7 Å². The van der Waals surface area contributed by atoms with Crippen LogP contribution < -0.4 is 10.6 Å². The number of rotatable bonds is 1. The number of halogens is 2. The maximum absolute atomic E-state index is 12.2. The maximum Gasteiger partial charge on any atom is 0.321 e. The molecule has 1 aromatic rings. The number of urea groups is 1. The van der Waals surface area contributed by atoms with Crippen LogP contribution in [0.1, 0.15) is 12.8 Å². The number of anilines is 1. The third-order valence-electron chi connectivity index (χ3n) is 4.13. The van der Waals surface area contributed by atoms with E-state index in [0.717, 1.165) is 42.8 Å². The van der Waals surface area contributed by atoms with Crippen molar-refractivity contribution in [1.29, 1.82) is 0 Å². The molecule has 2 heterocycles. The molecule has 20 heavy (non-hydrogen) atoms. The van der Waals surface area contributed by atoms with Gasteiger partial charge in [-0.25, -0.2) is 4.79 Å². The van der Waals surface area contributed by atoms with Gasteiger partial charge in [-0.1, -0.05) is 22.0 Å². The van der Waals surface area contributed by atoms with Gasteiger partial charge in [-0.3, -0.25) is 0 Å². The molecule has 3 rings (SSSR count). The lowest BCUT2D eigenvalue weighted by Gasteiger charge is -2.23. The summed E-state index contributed by atoms with van der Waals surface area (Å²) in [6.45, 7) is 3.87. The van der Waals surface area contributed by atoms with Gasteiger partial charge in [-0.2, -0.15) is 0 Å². The van der Waals surface area contributed by atoms with E-state index in [9.17, 15) is 4.79 Å². The number of hydrogen-bond donors (Lipinski definition) is 2. The molecule has 110 valence electrons. The Bertz CT molecular complexity index is 491. The summed E-state index contributed by atoms with van der Waals surface area (Å²) in [5.74, 6) is 0. The van der Waals surface area contributed by atoms with Crippen molar-refractivity contribution in [1.82, 2.24) is 10.2 Å². The van der Waals surface area contributed by atoms with Crippen molar-refractivity contribution in [3.8, 4) is 0 Å². The van der Waals surface area contributed by atoms with Crippen LogP contribution in [0, 0.1) is 5.41 Å². The van der Waals surface area contributed by atoms with Crippen molar-refractivity contribution in [2.45, 2.75) is 12.8 Å². The van der Waals surface area contributed by atoms with Gasteiger partial charge in [-0.05, 0) is 37.6 Å². The number of hydrogen-bond acceptors (Lipinski definition) is 2. The number of amides is 2. The number of likely N-dealkylation sites (tertiary alicyclic amines) is 1. The van der Waals surface area contributed by atoms with Crippen molar-refractivity contribution in [3.05, 3.63) is 28.7 Å². The summed E-state index contributed by atoms with van der Waals surface area (Å²) < 4.78 is 0.975. The Kier molecular flexibility index (Phi) is 4.94. The highest BCUT2D eigenvalue weighted by atomic mass is 79.9. The van der Waals surface area contributed by atoms with E-state index in [2.05, 4.69) is 26.6 Å². The minimum absolute atomic E-state index is 0. The monoisotopic (exact) mass is 359 g/mol. The highest BCUT2D eigenvalue weighted by Crippen LogP contribution is 2.36. The highest BCUT2D eigenvalue weighted by Gasteiger charge is 2.41. The van der Waals surface area contributed by atoms with Crippen LogP contribution in [0.2, 0.25) is 0 Å². The molecule has 1 atom stereocenters. The molecule has 0 saturated carbocycles. The lowest BCUT2D eigenvalue weighted by molar-refractivity contribution is 0.215. The second-order valence-electron chi connectivity index (χ2n) is 5.54. The quantitative estimate of drug-likeness (QED) is 0.808. The van der Waals surface area contributed by atoms with E-state index in [1.54, 1.807) is 0 Å². The molecule has 0 aromatic heterocycles. The van der Waals surface area contributed by atoms with Crippen LogP contribution >= 0.6 is 28.3 Å². The van der Waals surface area contributed by atoms with Gasteiger partial charge >= 0.3 is 6.03 Å². The molecule has 1 spiro atoms. The van der Waals surface area contributed by atoms with Gasteiger partial charge in [0, 0.05) is 35.2 Å². The van der Waals surface area contributed by atoms with Gasteiger partial charge in [-0.15, -0.1) is 12.4 Å². The molecule has 4 nitrogen and oxygen atoms in total. The normalized spacial score (nSPS) is 24.8. The zero-order valence-corrected chi connectivity index (χ0v) is 13.6. The molecule has 1 aromatic carbocycles. The Hall–Kier alpha value is -0.780. The van der Waals surface area contributed by atoms with Crippen molar-refractivity contribution in [2.75, 3.05) is 31.5 Å². The second-order valence-corrected chi connectivity index (χ2v) is 6.45. The SMILES string of the molecule is Cl.O=C(Nc1cccc(Br)c1)N1CCC2(CCNC2)C1. The molecule has 2 aliphatic rings. The zero-order chi connectivity index (χ0) is 13.3. The number of carbonyl (C=O) groups is 1. The predicted molar refractivity (Wildman–Crippen MR) is 86.5 cm³/mol. The fourth-order valence-corrected chi connectivity index (χ4v) is 3.42. The second kappa shape index (κ2) is 6.33. The van der Waals surface area contributed by atoms with E-state index in [-0.39, 0.29) is 18.4 Å². The smallest absolute Gasteiger partial charge is 0.321 e. The molecular formula is C14H19BrClN3O. The van der Waals surface area contributed by atoms with Crippen molar-refractivity contribution in [2.24, 2.45) is 5.41 Å². The first-order valence-electron chi connectivity index (χ1n) is 6.69. The summed E-state index contributed by atoms with van der Waals surface area (Å²) in [5.41, 5.74) is 1.17. The van der Waals surface area contributed by atoms with Gasteiger partial charge in [0.05, 0.1) is 0 Å². The first kappa shape index (κ1) is 15.6. The number of nitrogens with one attached hydrogen (secondary N) is 2. The van der Waals surface area contributed by atoms with Gasteiger partial charge in [0.25, 0.3) is 0 Å².